The second kappa shape index (κ2) is 4.63. The largest absolute Gasteiger partial charge is 0.465 e. The van der Waals surface area contributed by atoms with Crippen molar-refractivity contribution in [2.75, 3.05) is 10.6 Å². The van der Waals surface area contributed by atoms with Crippen molar-refractivity contribution in [3.63, 3.8) is 0 Å². The normalized spacial score (nSPS) is 18.5. The van der Waals surface area contributed by atoms with Gasteiger partial charge in [-0.25, -0.2) is 0 Å². The molecule has 0 fully saturated rings. The van der Waals surface area contributed by atoms with Crippen LogP contribution < -0.4 is 15.4 Å². The topological polar surface area (TPSA) is 50.4 Å². The molecule has 0 amide bonds. The summed E-state index contributed by atoms with van der Waals surface area (Å²) in [4.78, 5) is 12.9. The van der Waals surface area contributed by atoms with Gasteiger partial charge in [0.25, 0.3) is 0 Å². The average molecular weight is 292 g/mol. The van der Waals surface area contributed by atoms with Gasteiger partial charge in [0.15, 0.2) is 5.78 Å². The predicted octanol–water partition coefficient (Wildman–Crippen LogP) is 3.63. The number of Topliss-reactive ketones (excluding diaryl/α,β-unsaturated/α-hetero) is 1. The first-order chi connectivity index (χ1) is 10.6. The van der Waals surface area contributed by atoms with Crippen molar-refractivity contribution in [2.45, 2.75) is 20.1 Å². The number of aryl methyl sites for hydroxylation is 2. The number of fused-ring (bicyclic) bond motifs is 3. The lowest BCUT2D eigenvalue weighted by molar-refractivity contribution is 0.0973. The zero-order chi connectivity index (χ0) is 15.3. The van der Waals surface area contributed by atoms with Crippen molar-refractivity contribution < 1.29 is 9.53 Å². The van der Waals surface area contributed by atoms with E-state index in [1.165, 1.54) is 0 Å². The summed E-state index contributed by atoms with van der Waals surface area (Å²) in [5, 5.41) is 6.49. The van der Waals surface area contributed by atoms with E-state index < -0.39 is 6.23 Å². The van der Waals surface area contributed by atoms with Gasteiger partial charge < -0.3 is 15.4 Å². The van der Waals surface area contributed by atoms with Crippen LogP contribution in [0.25, 0.3) is 0 Å². The summed E-state index contributed by atoms with van der Waals surface area (Å²) in [5.74, 6) is 0.660. The van der Waals surface area contributed by atoms with E-state index >= 15 is 0 Å². The van der Waals surface area contributed by atoms with Gasteiger partial charge in [0.05, 0.1) is 22.5 Å². The number of rotatable bonds is 0. The molecule has 4 nitrogen and oxygen atoms in total. The lowest BCUT2D eigenvalue weighted by atomic mass is 9.93. The molecule has 1 atom stereocenters. The molecule has 0 unspecified atom stereocenters. The standard InChI is InChI=1S/C18H16N2O2/c1-10-7-11(2)16-15(8-10)22-18-12(17(16)21)9-19-13-5-3-4-6-14(13)20-18/h3-9,18-20H,1-2H3/t18-/m0/s1. The van der Waals surface area contributed by atoms with Gasteiger partial charge in [-0.05, 0) is 43.2 Å². The van der Waals surface area contributed by atoms with E-state index in [0.29, 0.717) is 16.9 Å². The Balaban J connectivity index is 1.83. The molecule has 4 rings (SSSR count). The summed E-state index contributed by atoms with van der Waals surface area (Å²) in [5.41, 5.74) is 5.13. The van der Waals surface area contributed by atoms with Gasteiger partial charge in [0.2, 0.25) is 6.23 Å². The van der Waals surface area contributed by atoms with Crippen LogP contribution in [0.15, 0.2) is 48.2 Å². The van der Waals surface area contributed by atoms with Crippen molar-refractivity contribution >= 4 is 17.2 Å². The predicted molar refractivity (Wildman–Crippen MR) is 86.4 cm³/mol. The first-order valence-electron chi connectivity index (χ1n) is 7.28. The van der Waals surface area contributed by atoms with Crippen LogP contribution in [-0.2, 0) is 0 Å². The van der Waals surface area contributed by atoms with Gasteiger partial charge in [0.1, 0.15) is 5.75 Å². The van der Waals surface area contributed by atoms with Gasteiger partial charge in [-0.2, -0.15) is 0 Å². The summed E-state index contributed by atoms with van der Waals surface area (Å²) in [7, 11) is 0. The van der Waals surface area contributed by atoms with Crippen molar-refractivity contribution in [3.8, 4) is 5.75 Å². The number of hydrogen-bond acceptors (Lipinski definition) is 4. The highest BCUT2D eigenvalue weighted by Crippen LogP contribution is 2.36. The summed E-state index contributed by atoms with van der Waals surface area (Å²) >= 11 is 0. The molecule has 4 heteroatoms. The third kappa shape index (κ3) is 1.88. The summed E-state index contributed by atoms with van der Waals surface area (Å²) in [6.45, 7) is 3.95. The van der Waals surface area contributed by atoms with Crippen molar-refractivity contribution in [3.05, 3.63) is 64.9 Å². The fourth-order valence-corrected chi connectivity index (χ4v) is 3.05. The highest BCUT2D eigenvalue weighted by Gasteiger charge is 2.34. The van der Waals surface area contributed by atoms with Crippen LogP contribution in [0.1, 0.15) is 21.5 Å². The fourth-order valence-electron chi connectivity index (χ4n) is 3.05. The molecule has 2 aliphatic rings. The maximum absolute atomic E-state index is 12.9. The van der Waals surface area contributed by atoms with E-state index in [2.05, 4.69) is 10.6 Å². The molecule has 2 aromatic carbocycles. The number of ketones is 1. The Morgan fingerprint density at radius 1 is 1.09 bits per heavy atom. The zero-order valence-electron chi connectivity index (χ0n) is 12.4. The van der Waals surface area contributed by atoms with Crippen molar-refractivity contribution in [2.24, 2.45) is 0 Å². The molecule has 0 saturated heterocycles. The smallest absolute Gasteiger partial charge is 0.201 e. The number of hydrogen-bond donors (Lipinski definition) is 2. The van der Waals surface area contributed by atoms with E-state index in [1.807, 2.05) is 50.2 Å². The van der Waals surface area contributed by atoms with Crippen LogP contribution in [0.2, 0.25) is 0 Å². The Bertz CT molecular complexity index is 824. The number of para-hydroxylation sites is 2. The van der Waals surface area contributed by atoms with Crippen LogP contribution >= 0.6 is 0 Å². The molecule has 110 valence electrons. The Kier molecular flexibility index (Phi) is 2.73. The molecule has 0 radical (unpaired) electrons. The zero-order valence-corrected chi connectivity index (χ0v) is 12.4. The highest BCUT2D eigenvalue weighted by atomic mass is 16.5. The van der Waals surface area contributed by atoms with Gasteiger partial charge in [0, 0.05) is 6.20 Å². The highest BCUT2D eigenvalue weighted by molar-refractivity contribution is 6.13. The number of ether oxygens (including phenoxy) is 1. The van der Waals surface area contributed by atoms with E-state index in [-0.39, 0.29) is 5.78 Å². The average Bonchev–Trinajstić information content (AvgIpc) is 2.65. The molecule has 0 aliphatic carbocycles. The number of carbonyl (C=O) groups is 1. The second-order valence-electron chi connectivity index (χ2n) is 5.72. The monoisotopic (exact) mass is 292 g/mol. The van der Waals surface area contributed by atoms with E-state index in [4.69, 9.17) is 4.74 Å². The molecule has 22 heavy (non-hydrogen) atoms. The van der Waals surface area contributed by atoms with Gasteiger partial charge in [-0.15, -0.1) is 0 Å². The van der Waals surface area contributed by atoms with Gasteiger partial charge >= 0.3 is 0 Å². The maximum Gasteiger partial charge on any atom is 0.201 e. The summed E-state index contributed by atoms with van der Waals surface area (Å²) in [6, 6.07) is 11.8. The molecule has 0 aromatic heterocycles. The minimum Gasteiger partial charge on any atom is -0.465 e. The quantitative estimate of drug-likeness (QED) is 0.778. The Labute approximate surface area is 128 Å². The fraction of sp³-hybridized carbons (Fsp3) is 0.167. The molecule has 2 N–H and O–H groups in total. The molecule has 0 bridgehead atoms. The van der Waals surface area contributed by atoms with Crippen molar-refractivity contribution in [1.82, 2.24) is 0 Å². The van der Waals surface area contributed by atoms with Gasteiger partial charge in [-0.1, -0.05) is 18.2 Å². The molecular weight excluding hydrogens is 276 g/mol. The molecule has 2 heterocycles. The number of carbonyl (C=O) groups excluding carboxylic acids is 1. The Morgan fingerprint density at radius 3 is 2.68 bits per heavy atom. The number of anilines is 2. The van der Waals surface area contributed by atoms with Crippen LogP contribution in [0, 0.1) is 13.8 Å². The Hall–Kier alpha value is -2.75. The van der Waals surface area contributed by atoms with E-state index in [0.717, 1.165) is 22.5 Å². The third-order valence-electron chi connectivity index (χ3n) is 4.06. The first-order valence-corrected chi connectivity index (χ1v) is 7.28. The van der Waals surface area contributed by atoms with E-state index in [9.17, 15) is 4.79 Å². The van der Waals surface area contributed by atoms with Crippen molar-refractivity contribution in [1.29, 1.82) is 0 Å². The molecule has 2 aromatic rings. The molecule has 2 aliphatic heterocycles. The maximum atomic E-state index is 12.9. The summed E-state index contributed by atoms with van der Waals surface area (Å²) in [6.07, 6.45) is 1.27. The lowest BCUT2D eigenvalue weighted by Gasteiger charge is -2.29. The number of nitrogens with one attached hydrogen (secondary N) is 2. The minimum atomic E-state index is -0.475. The third-order valence-corrected chi connectivity index (χ3v) is 4.06. The van der Waals surface area contributed by atoms with Crippen LogP contribution in [-0.4, -0.2) is 12.0 Å². The van der Waals surface area contributed by atoms with Crippen LogP contribution in [0.5, 0.6) is 5.75 Å². The first kappa shape index (κ1) is 13.0. The van der Waals surface area contributed by atoms with Crippen LogP contribution in [0.3, 0.4) is 0 Å². The number of benzene rings is 2. The Morgan fingerprint density at radius 2 is 1.86 bits per heavy atom. The minimum absolute atomic E-state index is 0.0107. The molecular formula is C18H16N2O2. The molecule has 0 saturated carbocycles. The summed E-state index contributed by atoms with van der Waals surface area (Å²) < 4.78 is 6.06. The lowest BCUT2D eigenvalue weighted by Crippen LogP contribution is -2.36. The molecule has 0 spiro atoms. The van der Waals surface area contributed by atoms with E-state index in [1.54, 1.807) is 6.20 Å². The SMILES string of the molecule is Cc1cc(C)c2c(c1)O[C@@H]1Nc3ccccc3NC=C1C2=O. The van der Waals surface area contributed by atoms with Gasteiger partial charge in [-0.3, -0.25) is 4.79 Å². The van der Waals surface area contributed by atoms with Crippen LogP contribution in [0.4, 0.5) is 11.4 Å². The second-order valence-corrected chi connectivity index (χ2v) is 5.72.